The smallest absolute Gasteiger partial charge is 0.394 e. The quantitative estimate of drug-likeness (QED) is 0.0794. The fraction of sp³-hybridized carbons (Fsp3) is 0.375. The number of H-pyrrole nitrogens is 1. The number of aromatic amines is 1. The van der Waals surface area contributed by atoms with Crippen molar-refractivity contribution in [3.05, 3.63) is 105 Å². The third kappa shape index (κ3) is 7.95. The number of fused-ring (bicyclic) bond motifs is 1. The first kappa shape index (κ1) is 37.4. The summed E-state index contributed by atoms with van der Waals surface area (Å²) in [6.45, 7) is -1.43. The predicted molar refractivity (Wildman–Crippen MR) is 185 cm³/mol. The molecule has 5 aromatic rings. The third-order valence-electron chi connectivity index (χ3n) is 8.75. The molecule has 5 heterocycles. The molecule has 286 valence electrons. The summed E-state index contributed by atoms with van der Waals surface area (Å²) < 4.78 is 51.0. The summed E-state index contributed by atoms with van der Waals surface area (Å²) in [7, 11) is -5.09. The number of rotatable bonds is 14. The van der Waals surface area contributed by atoms with Gasteiger partial charge in [0.05, 0.1) is 32.8 Å². The zero-order chi connectivity index (χ0) is 38.0. The third-order valence-corrected chi connectivity index (χ3v) is 9.74. The molecule has 22 heteroatoms. The van der Waals surface area contributed by atoms with E-state index in [0.717, 1.165) is 16.5 Å². The second-order valence-corrected chi connectivity index (χ2v) is 13.7. The number of anilines is 2. The lowest BCUT2D eigenvalue weighted by Crippen LogP contribution is -2.40. The van der Waals surface area contributed by atoms with Gasteiger partial charge in [-0.05, 0) is 11.1 Å². The lowest BCUT2D eigenvalue weighted by molar-refractivity contribution is -0.0815. The lowest BCUT2D eigenvalue weighted by Gasteiger charge is -2.26. The maximum Gasteiger partial charge on any atom is 0.472 e. The predicted octanol–water partition coefficient (Wildman–Crippen LogP) is -0.243. The van der Waals surface area contributed by atoms with E-state index < -0.39 is 81.4 Å². The van der Waals surface area contributed by atoms with Crippen LogP contribution in [0.1, 0.15) is 23.6 Å². The fourth-order valence-electron chi connectivity index (χ4n) is 6.19. The van der Waals surface area contributed by atoms with Gasteiger partial charge in [0.2, 0.25) is 11.9 Å². The minimum atomic E-state index is -5.09. The van der Waals surface area contributed by atoms with E-state index in [0.29, 0.717) is 5.56 Å². The van der Waals surface area contributed by atoms with Gasteiger partial charge in [-0.2, -0.15) is 9.97 Å². The van der Waals surface area contributed by atoms with Crippen LogP contribution in [-0.4, -0.2) is 99.0 Å². The van der Waals surface area contributed by atoms with Gasteiger partial charge in [-0.3, -0.25) is 28.0 Å². The molecule has 0 bridgehead atoms. The molecule has 2 aliphatic heterocycles. The van der Waals surface area contributed by atoms with Crippen molar-refractivity contribution >= 4 is 30.9 Å². The molecular formula is C32H36N9O12P. The van der Waals surface area contributed by atoms with Crippen molar-refractivity contribution in [2.24, 2.45) is 0 Å². The number of phosphoric acid groups is 1. The number of ether oxygens (including phenoxy) is 4. The summed E-state index contributed by atoms with van der Waals surface area (Å²) in [6.07, 6.45) is -8.11. The van der Waals surface area contributed by atoms with Gasteiger partial charge in [0.15, 0.2) is 23.6 Å². The van der Waals surface area contributed by atoms with Crippen LogP contribution in [0.15, 0.2) is 82.9 Å². The number of nitrogens with two attached hydrogens (primary N) is 2. The van der Waals surface area contributed by atoms with Gasteiger partial charge in [-0.1, -0.05) is 60.7 Å². The number of imidazole rings is 1. The zero-order valence-corrected chi connectivity index (χ0v) is 29.1. The van der Waals surface area contributed by atoms with E-state index in [4.69, 9.17) is 39.5 Å². The van der Waals surface area contributed by atoms with Crippen LogP contribution in [-0.2, 0) is 45.8 Å². The Morgan fingerprint density at radius 3 is 2.09 bits per heavy atom. The second kappa shape index (κ2) is 15.8. The Hall–Kier alpha value is -4.93. The fourth-order valence-corrected chi connectivity index (χ4v) is 7.15. The molecule has 2 aromatic carbocycles. The number of aromatic nitrogens is 7. The molecule has 9 atom stereocenters. The molecule has 0 saturated carbocycles. The van der Waals surface area contributed by atoms with E-state index in [2.05, 4.69) is 24.9 Å². The summed E-state index contributed by atoms with van der Waals surface area (Å²) in [5.41, 5.74) is 11.4. The number of nitrogens with one attached hydrogen (secondary N) is 1. The van der Waals surface area contributed by atoms with E-state index in [1.54, 1.807) is 30.3 Å². The molecular weight excluding hydrogens is 733 g/mol. The zero-order valence-electron chi connectivity index (χ0n) is 28.2. The van der Waals surface area contributed by atoms with Crippen molar-refractivity contribution in [2.45, 2.75) is 62.3 Å². The SMILES string of the molecule is Nc1ncn([C@@H]2O[C@H](CO)C(OP(=O)(O)OC[C@H]3O[C@@H](n4cnc5c(=O)[nH]c(N)nc54)C(OCc4ccccc4)C3O)C2OCc2ccccc2)c(=O)n1. The highest BCUT2D eigenvalue weighted by Gasteiger charge is 2.52. The van der Waals surface area contributed by atoms with Crippen LogP contribution >= 0.6 is 7.82 Å². The molecule has 0 radical (unpaired) electrons. The number of aliphatic hydroxyl groups excluding tert-OH is 2. The largest absolute Gasteiger partial charge is 0.472 e. The summed E-state index contributed by atoms with van der Waals surface area (Å²) in [4.78, 5) is 54.4. The first-order valence-corrected chi connectivity index (χ1v) is 18.0. The highest BCUT2D eigenvalue weighted by atomic mass is 31.2. The molecule has 8 N–H and O–H groups in total. The summed E-state index contributed by atoms with van der Waals surface area (Å²) in [5, 5.41) is 21.7. The topological polar surface area (TPSA) is 297 Å². The average molecular weight is 770 g/mol. The van der Waals surface area contributed by atoms with Crippen molar-refractivity contribution in [3.63, 3.8) is 0 Å². The van der Waals surface area contributed by atoms with Crippen molar-refractivity contribution < 1.29 is 47.7 Å². The number of phosphoric ester groups is 1. The molecule has 7 rings (SSSR count). The Balaban J connectivity index is 1.11. The summed E-state index contributed by atoms with van der Waals surface area (Å²) in [6, 6.07) is 18.0. The van der Waals surface area contributed by atoms with Gasteiger partial charge >= 0.3 is 13.5 Å². The monoisotopic (exact) mass is 769 g/mol. The van der Waals surface area contributed by atoms with Crippen molar-refractivity contribution in [1.29, 1.82) is 0 Å². The molecule has 0 aliphatic carbocycles. The van der Waals surface area contributed by atoms with Gasteiger partial charge in [0.25, 0.3) is 5.56 Å². The maximum absolute atomic E-state index is 13.6. The van der Waals surface area contributed by atoms with Crippen molar-refractivity contribution in [1.82, 2.24) is 34.1 Å². The van der Waals surface area contributed by atoms with Gasteiger partial charge < -0.3 is 45.5 Å². The minimum Gasteiger partial charge on any atom is -0.394 e. The highest BCUT2D eigenvalue weighted by molar-refractivity contribution is 7.47. The average Bonchev–Trinajstić information content (AvgIpc) is 3.82. The van der Waals surface area contributed by atoms with Crippen molar-refractivity contribution in [3.8, 4) is 0 Å². The second-order valence-electron chi connectivity index (χ2n) is 12.3. The molecule has 0 spiro atoms. The maximum atomic E-state index is 13.6. The Bertz CT molecular complexity index is 2230. The molecule has 21 nitrogen and oxygen atoms in total. The van der Waals surface area contributed by atoms with Gasteiger partial charge in [0, 0.05) is 0 Å². The van der Waals surface area contributed by atoms with Gasteiger partial charge in [0.1, 0.15) is 43.0 Å². The van der Waals surface area contributed by atoms with E-state index in [-0.39, 0.29) is 36.3 Å². The van der Waals surface area contributed by atoms with Gasteiger partial charge in [-0.15, -0.1) is 0 Å². The molecule has 2 aliphatic rings. The van der Waals surface area contributed by atoms with Crippen molar-refractivity contribution in [2.75, 3.05) is 24.7 Å². The van der Waals surface area contributed by atoms with E-state index >= 15 is 0 Å². The molecule has 3 aromatic heterocycles. The molecule has 2 saturated heterocycles. The van der Waals surface area contributed by atoms with Gasteiger partial charge in [-0.25, -0.2) is 19.3 Å². The molecule has 0 amide bonds. The van der Waals surface area contributed by atoms with E-state index in [9.17, 15) is 29.3 Å². The standard InChI is InChI=1S/C32H36N9O12P/c33-30-36-16-41(32(45)39-30)29-25(49-13-18-9-5-2-6-10-18)23(19(11-42)51-29)53-54(46,47)50-14-20-22(43)24(48-12-17-7-3-1-4-8-17)28(52-20)40-15-35-21-26(40)37-31(34)38-27(21)44/h1-10,15-16,19-20,22-25,28-29,42-43H,11-14H2,(H,46,47)(H2,33,39,45)(H3,34,37,38,44)/t19-,20-,22?,23?,24?,25?,28-,29-/m1/s1. The summed E-state index contributed by atoms with van der Waals surface area (Å²) in [5.74, 6) is -0.482. The van der Waals surface area contributed by atoms with E-state index in [1.807, 2.05) is 30.3 Å². The van der Waals surface area contributed by atoms with Crippen LogP contribution in [0, 0.1) is 0 Å². The molecule has 54 heavy (non-hydrogen) atoms. The number of benzene rings is 2. The number of aliphatic hydroxyl groups is 2. The van der Waals surface area contributed by atoms with Crippen LogP contribution in [0.4, 0.5) is 11.9 Å². The van der Waals surface area contributed by atoms with Crippen LogP contribution in [0.2, 0.25) is 0 Å². The molecule has 5 unspecified atom stereocenters. The number of hydrogen-bond acceptors (Lipinski definition) is 17. The highest BCUT2D eigenvalue weighted by Crippen LogP contribution is 2.50. The normalized spacial score (nSPS) is 26.6. The number of hydrogen-bond donors (Lipinski definition) is 6. The number of nitrogens with zero attached hydrogens (tertiary/aromatic N) is 6. The lowest BCUT2D eigenvalue weighted by atomic mass is 10.1. The van der Waals surface area contributed by atoms with Crippen LogP contribution < -0.4 is 22.7 Å². The summed E-state index contributed by atoms with van der Waals surface area (Å²) >= 11 is 0. The first-order chi connectivity index (χ1) is 26.0. The Labute approximate surface area is 304 Å². The van der Waals surface area contributed by atoms with Crippen LogP contribution in [0.25, 0.3) is 11.2 Å². The van der Waals surface area contributed by atoms with Crippen LogP contribution in [0.5, 0.6) is 0 Å². The Morgan fingerprint density at radius 1 is 0.833 bits per heavy atom. The Kier molecular flexibility index (Phi) is 10.9. The van der Waals surface area contributed by atoms with E-state index in [1.165, 1.54) is 10.9 Å². The molecule has 2 fully saturated rings. The number of nitrogen functional groups attached to an aromatic ring is 2. The van der Waals surface area contributed by atoms with Crippen LogP contribution in [0.3, 0.4) is 0 Å². The first-order valence-electron chi connectivity index (χ1n) is 16.5. The Morgan fingerprint density at radius 2 is 1.44 bits per heavy atom. The minimum absolute atomic E-state index is 0.0393.